The molecule has 1 heterocycles. The Morgan fingerprint density at radius 3 is 2.65 bits per heavy atom. The van der Waals surface area contributed by atoms with Crippen LogP contribution >= 0.6 is 23.2 Å². The van der Waals surface area contributed by atoms with Crippen molar-refractivity contribution in [2.75, 3.05) is 0 Å². The third-order valence-electron chi connectivity index (χ3n) is 3.35. The Bertz CT molecular complexity index is 751. The van der Waals surface area contributed by atoms with Crippen molar-refractivity contribution < 1.29 is 4.42 Å². The first-order chi connectivity index (χ1) is 9.65. The predicted molar refractivity (Wildman–Crippen MR) is 83.3 cm³/mol. The number of fused-ring (bicyclic) bond motifs is 1. The summed E-state index contributed by atoms with van der Waals surface area (Å²) < 4.78 is 5.52. The molecule has 2 nitrogen and oxygen atoms in total. The van der Waals surface area contributed by atoms with E-state index in [1.807, 2.05) is 36.4 Å². The van der Waals surface area contributed by atoms with Gasteiger partial charge in [0.1, 0.15) is 5.58 Å². The molecule has 2 N–H and O–H groups in total. The highest BCUT2D eigenvalue weighted by atomic mass is 35.5. The zero-order chi connectivity index (χ0) is 14.1. The van der Waals surface area contributed by atoms with Gasteiger partial charge in [-0.15, -0.1) is 0 Å². The monoisotopic (exact) mass is 305 g/mol. The second-order valence-electron chi connectivity index (χ2n) is 4.75. The maximum Gasteiger partial charge on any atom is 0.134 e. The average molecular weight is 306 g/mol. The van der Waals surface area contributed by atoms with E-state index in [9.17, 15) is 0 Å². The lowest BCUT2D eigenvalue weighted by atomic mass is 9.99. The van der Waals surface area contributed by atoms with Gasteiger partial charge in [-0.3, -0.25) is 0 Å². The van der Waals surface area contributed by atoms with Gasteiger partial charge in [0.05, 0.1) is 16.3 Å². The Hall–Kier alpha value is -1.48. The molecule has 3 aromatic rings. The number of furan rings is 1. The van der Waals surface area contributed by atoms with E-state index < -0.39 is 0 Å². The standard InChI is InChI=1S/C16H13Cl2NO/c17-13-6-5-10(7-14(13)18)8-15(19)12-9-20-16-4-2-1-3-11(12)16/h1-7,9,15H,8,19H2. The van der Waals surface area contributed by atoms with Crippen LogP contribution in [0.1, 0.15) is 17.2 Å². The molecule has 1 atom stereocenters. The Labute approximate surface area is 127 Å². The Morgan fingerprint density at radius 2 is 1.85 bits per heavy atom. The van der Waals surface area contributed by atoms with Gasteiger partial charge in [0.25, 0.3) is 0 Å². The van der Waals surface area contributed by atoms with Crippen LogP contribution in [0.4, 0.5) is 0 Å². The highest BCUT2D eigenvalue weighted by Crippen LogP contribution is 2.29. The summed E-state index contributed by atoms with van der Waals surface area (Å²) in [4.78, 5) is 0. The lowest BCUT2D eigenvalue weighted by Gasteiger charge is -2.11. The van der Waals surface area contributed by atoms with Crippen molar-refractivity contribution in [2.45, 2.75) is 12.5 Å². The van der Waals surface area contributed by atoms with E-state index in [0.29, 0.717) is 16.5 Å². The number of para-hydroxylation sites is 1. The second kappa shape index (κ2) is 5.49. The molecule has 0 fully saturated rings. The van der Waals surface area contributed by atoms with Crippen molar-refractivity contribution in [1.82, 2.24) is 0 Å². The molecule has 0 spiro atoms. The maximum absolute atomic E-state index is 6.29. The van der Waals surface area contributed by atoms with Gasteiger partial charge < -0.3 is 10.2 Å². The van der Waals surface area contributed by atoms with Gasteiger partial charge in [-0.25, -0.2) is 0 Å². The second-order valence-corrected chi connectivity index (χ2v) is 5.56. The summed E-state index contributed by atoms with van der Waals surface area (Å²) in [7, 11) is 0. The van der Waals surface area contributed by atoms with E-state index in [4.69, 9.17) is 33.4 Å². The fourth-order valence-electron chi connectivity index (χ4n) is 2.32. The number of hydrogen-bond acceptors (Lipinski definition) is 2. The van der Waals surface area contributed by atoms with Crippen LogP contribution in [0, 0.1) is 0 Å². The average Bonchev–Trinajstić information content (AvgIpc) is 2.87. The minimum absolute atomic E-state index is 0.143. The van der Waals surface area contributed by atoms with E-state index >= 15 is 0 Å². The largest absolute Gasteiger partial charge is 0.464 e. The molecule has 0 radical (unpaired) electrons. The van der Waals surface area contributed by atoms with Crippen molar-refractivity contribution in [1.29, 1.82) is 0 Å². The lowest BCUT2D eigenvalue weighted by molar-refractivity contribution is 0.599. The SMILES string of the molecule is NC(Cc1ccc(Cl)c(Cl)c1)c1coc2ccccc12. The van der Waals surface area contributed by atoms with Crippen LogP contribution < -0.4 is 5.73 Å². The zero-order valence-electron chi connectivity index (χ0n) is 10.6. The predicted octanol–water partition coefficient (Wildman–Crippen LogP) is 4.98. The lowest BCUT2D eigenvalue weighted by Crippen LogP contribution is -2.12. The van der Waals surface area contributed by atoms with Gasteiger partial charge in [-0.05, 0) is 30.2 Å². The molecule has 3 rings (SSSR count). The molecule has 0 aliphatic rings. The first-order valence-corrected chi connectivity index (χ1v) is 7.06. The summed E-state index contributed by atoms with van der Waals surface area (Å²) in [6.07, 6.45) is 2.41. The summed E-state index contributed by atoms with van der Waals surface area (Å²) in [5.74, 6) is 0. The highest BCUT2D eigenvalue weighted by molar-refractivity contribution is 6.42. The molecule has 2 aromatic carbocycles. The summed E-state index contributed by atoms with van der Waals surface area (Å²) in [5, 5.41) is 2.16. The highest BCUT2D eigenvalue weighted by Gasteiger charge is 2.14. The number of benzene rings is 2. The van der Waals surface area contributed by atoms with Crippen LogP contribution in [0.25, 0.3) is 11.0 Å². The summed E-state index contributed by atoms with van der Waals surface area (Å²) in [5.41, 5.74) is 9.20. The molecule has 1 unspecified atom stereocenters. The quantitative estimate of drug-likeness (QED) is 0.741. The molecule has 20 heavy (non-hydrogen) atoms. The van der Waals surface area contributed by atoms with Gasteiger partial charge in [0.2, 0.25) is 0 Å². The smallest absolute Gasteiger partial charge is 0.134 e. The molecule has 102 valence electrons. The van der Waals surface area contributed by atoms with Crippen molar-refractivity contribution >= 4 is 34.2 Å². The van der Waals surface area contributed by atoms with E-state index in [0.717, 1.165) is 22.1 Å². The molecule has 0 bridgehead atoms. The fraction of sp³-hybridized carbons (Fsp3) is 0.125. The third-order valence-corrected chi connectivity index (χ3v) is 4.09. The molecule has 4 heteroatoms. The fourth-order valence-corrected chi connectivity index (χ4v) is 2.64. The minimum Gasteiger partial charge on any atom is -0.464 e. The van der Waals surface area contributed by atoms with Gasteiger partial charge in [-0.1, -0.05) is 47.5 Å². The van der Waals surface area contributed by atoms with Crippen molar-refractivity contribution in [3.05, 3.63) is 69.9 Å². The molecule has 1 aromatic heterocycles. The molecule has 0 saturated carbocycles. The van der Waals surface area contributed by atoms with Gasteiger partial charge in [0, 0.05) is 17.0 Å². The molecular weight excluding hydrogens is 293 g/mol. The van der Waals surface area contributed by atoms with Crippen molar-refractivity contribution in [3.63, 3.8) is 0 Å². The van der Waals surface area contributed by atoms with Crippen LogP contribution in [-0.2, 0) is 6.42 Å². The van der Waals surface area contributed by atoms with Crippen molar-refractivity contribution in [2.24, 2.45) is 5.73 Å². The molecule has 0 aliphatic heterocycles. The van der Waals surface area contributed by atoms with Crippen LogP contribution in [0.15, 0.2) is 53.1 Å². The third kappa shape index (κ3) is 2.55. The number of hydrogen-bond donors (Lipinski definition) is 1. The number of rotatable bonds is 3. The summed E-state index contributed by atoms with van der Waals surface area (Å²) in [6, 6.07) is 13.3. The Morgan fingerprint density at radius 1 is 1.05 bits per heavy atom. The summed E-state index contributed by atoms with van der Waals surface area (Å²) in [6.45, 7) is 0. The normalized spacial score (nSPS) is 12.8. The molecule has 0 aliphatic carbocycles. The molecular formula is C16H13Cl2NO. The van der Waals surface area contributed by atoms with Gasteiger partial charge in [0.15, 0.2) is 0 Å². The summed E-state index contributed by atoms with van der Waals surface area (Å²) >= 11 is 11.9. The van der Waals surface area contributed by atoms with Crippen LogP contribution in [0.5, 0.6) is 0 Å². The maximum atomic E-state index is 6.29. The van der Waals surface area contributed by atoms with E-state index in [1.54, 1.807) is 12.3 Å². The molecule has 0 saturated heterocycles. The topological polar surface area (TPSA) is 39.2 Å². The van der Waals surface area contributed by atoms with Gasteiger partial charge in [-0.2, -0.15) is 0 Å². The first-order valence-electron chi connectivity index (χ1n) is 6.31. The Balaban J connectivity index is 1.89. The van der Waals surface area contributed by atoms with E-state index in [-0.39, 0.29) is 6.04 Å². The van der Waals surface area contributed by atoms with E-state index in [2.05, 4.69) is 0 Å². The van der Waals surface area contributed by atoms with Gasteiger partial charge >= 0.3 is 0 Å². The zero-order valence-corrected chi connectivity index (χ0v) is 12.2. The van der Waals surface area contributed by atoms with Crippen LogP contribution in [0.2, 0.25) is 10.0 Å². The van der Waals surface area contributed by atoms with E-state index in [1.165, 1.54) is 0 Å². The molecule has 0 amide bonds. The Kier molecular flexibility index (Phi) is 3.70. The minimum atomic E-state index is -0.143. The first kappa shape index (κ1) is 13.5. The van der Waals surface area contributed by atoms with Crippen molar-refractivity contribution in [3.8, 4) is 0 Å². The number of halogens is 2. The van der Waals surface area contributed by atoms with Crippen LogP contribution in [-0.4, -0.2) is 0 Å². The number of nitrogens with two attached hydrogens (primary N) is 1. The van der Waals surface area contributed by atoms with Crippen LogP contribution in [0.3, 0.4) is 0 Å².